The van der Waals surface area contributed by atoms with Gasteiger partial charge in [0.05, 0.1) is 17.5 Å². The number of nitrogens with zero attached hydrogens (tertiary/aromatic N) is 2. The van der Waals surface area contributed by atoms with Crippen molar-refractivity contribution in [3.63, 3.8) is 0 Å². The molecule has 3 atom stereocenters. The van der Waals surface area contributed by atoms with E-state index in [9.17, 15) is 0 Å². The number of anilines is 4. The lowest BCUT2D eigenvalue weighted by Gasteiger charge is -2.39. The van der Waals surface area contributed by atoms with Gasteiger partial charge in [-0.1, -0.05) is 163 Å². The summed E-state index contributed by atoms with van der Waals surface area (Å²) >= 11 is 0. The highest BCUT2D eigenvalue weighted by Gasteiger charge is 2.52. The number of rotatable bonds is 10. The lowest BCUT2D eigenvalue weighted by molar-refractivity contribution is 0.588. The Morgan fingerprint density at radius 2 is 1.19 bits per heavy atom. The second kappa shape index (κ2) is 16.3. The molecular weight excluding hydrogens is 713 g/mol. The third-order valence-corrected chi connectivity index (χ3v) is 12.5. The molecule has 0 aromatic heterocycles. The first-order valence-corrected chi connectivity index (χ1v) is 21.6. The second-order valence-electron chi connectivity index (χ2n) is 16.8. The smallest absolute Gasteiger partial charge is 0.0727 e. The number of para-hydroxylation sites is 2. The molecule has 6 aromatic rings. The minimum absolute atomic E-state index is 0.0234. The van der Waals surface area contributed by atoms with Crippen LogP contribution in [0.1, 0.15) is 87.8 Å². The van der Waals surface area contributed by atoms with Crippen molar-refractivity contribution in [2.75, 3.05) is 9.80 Å². The lowest BCUT2D eigenvalue weighted by atomic mass is 9.69. The third-order valence-electron chi connectivity index (χ3n) is 12.5. The summed E-state index contributed by atoms with van der Waals surface area (Å²) in [7, 11) is 0. The first kappa shape index (κ1) is 39.7. The van der Waals surface area contributed by atoms with E-state index in [1.54, 1.807) is 0 Å². The Kier molecular flexibility index (Phi) is 10.9. The van der Waals surface area contributed by atoms with Gasteiger partial charge in [-0.25, -0.2) is 0 Å². The predicted octanol–water partition coefficient (Wildman–Crippen LogP) is 15.2. The summed E-state index contributed by atoms with van der Waals surface area (Å²) in [6.45, 7) is 21.8. The topological polar surface area (TPSA) is 6.48 Å². The van der Waals surface area contributed by atoms with Crippen LogP contribution in [0, 0.1) is 0 Å². The highest BCUT2D eigenvalue weighted by atomic mass is 15.2. The molecule has 296 valence electrons. The van der Waals surface area contributed by atoms with Gasteiger partial charge < -0.3 is 9.80 Å². The quantitative estimate of drug-likeness (QED) is 0.128. The van der Waals surface area contributed by atoms with Gasteiger partial charge in [0, 0.05) is 22.7 Å². The van der Waals surface area contributed by atoms with Crippen molar-refractivity contribution in [1.82, 2.24) is 0 Å². The Balaban J connectivity index is 0.00000238. The lowest BCUT2D eigenvalue weighted by Crippen LogP contribution is -2.42. The molecule has 0 amide bonds. The standard InChI is InChI=1S/C55H52N2.C2H6/c1-7-19-40(9-3)56(41-20-13-10-14-21-41)44-28-32-48-49-33-29-45(57(42-22-15-11-16-23-42)43-24-17-12-18-25-43)37-53(49)55(52(48)36-44)50-34-38(8-2)26-30-46(50)47-31-27-39(35-51(47)55)54(4,5)6;1-2/h7,9-18,20,22-37,40-41H,1,3,8,19,21H2,2,4-6H3;1-2H3. The fourth-order valence-electron chi connectivity index (χ4n) is 9.74. The van der Waals surface area contributed by atoms with E-state index in [2.05, 4.69) is 214 Å². The van der Waals surface area contributed by atoms with Crippen LogP contribution in [0.2, 0.25) is 0 Å². The second-order valence-corrected chi connectivity index (χ2v) is 16.8. The first-order valence-electron chi connectivity index (χ1n) is 21.6. The maximum Gasteiger partial charge on any atom is 0.0727 e. The third kappa shape index (κ3) is 6.69. The maximum atomic E-state index is 4.35. The Labute approximate surface area is 353 Å². The molecule has 59 heavy (non-hydrogen) atoms. The summed E-state index contributed by atoms with van der Waals surface area (Å²) in [5, 5.41) is 0. The van der Waals surface area contributed by atoms with Crippen molar-refractivity contribution in [1.29, 1.82) is 0 Å². The molecule has 3 unspecified atom stereocenters. The molecule has 2 heteroatoms. The molecule has 6 aromatic carbocycles. The van der Waals surface area contributed by atoms with Crippen LogP contribution < -0.4 is 9.80 Å². The van der Waals surface area contributed by atoms with Gasteiger partial charge in [0.1, 0.15) is 0 Å². The highest BCUT2D eigenvalue weighted by Crippen LogP contribution is 2.64. The number of hydrogen-bond acceptors (Lipinski definition) is 2. The SMILES string of the molecule is C=CCC(C=C)N(c1ccc2c(c1)C1(c3cc(CC)ccc3-c3ccc(C(C)(C)C)cc31)c1cc(N(c3ccccc3)c3ccccc3)ccc1-2)C1C=CC=CC1.CC. The zero-order valence-corrected chi connectivity index (χ0v) is 35.8. The van der Waals surface area contributed by atoms with Crippen LogP contribution in [0.5, 0.6) is 0 Å². The number of fused-ring (bicyclic) bond motifs is 10. The first-order chi connectivity index (χ1) is 28.8. The van der Waals surface area contributed by atoms with Crippen molar-refractivity contribution in [2.45, 2.75) is 83.7 Å². The molecule has 3 aliphatic carbocycles. The van der Waals surface area contributed by atoms with Crippen LogP contribution in [-0.4, -0.2) is 12.1 Å². The van der Waals surface area contributed by atoms with Gasteiger partial charge in [-0.15, -0.1) is 13.2 Å². The molecule has 0 saturated heterocycles. The molecular formula is C57H58N2. The molecule has 2 nitrogen and oxygen atoms in total. The van der Waals surface area contributed by atoms with Crippen LogP contribution in [0.15, 0.2) is 183 Å². The van der Waals surface area contributed by atoms with Crippen LogP contribution in [0.25, 0.3) is 22.3 Å². The summed E-state index contributed by atoms with van der Waals surface area (Å²) in [5.74, 6) is 0. The monoisotopic (exact) mass is 770 g/mol. The van der Waals surface area contributed by atoms with E-state index < -0.39 is 5.41 Å². The number of aryl methyl sites for hydroxylation is 1. The van der Waals surface area contributed by atoms with Gasteiger partial charge in [-0.05, 0) is 129 Å². The minimum Gasteiger partial charge on any atom is -0.358 e. The Bertz CT molecular complexity index is 2510. The van der Waals surface area contributed by atoms with Gasteiger partial charge in [0.25, 0.3) is 0 Å². The Morgan fingerprint density at radius 1 is 0.644 bits per heavy atom. The van der Waals surface area contributed by atoms with Crippen LogP contribution in [0.4, 0.5) is 22.7 Å². The van der Waals surface area contributed by atoms with E-state index in [0.717, 1.165) is 36.3 Å². The molecule has 0 fully saturated rings. The summed E-state index contributed by atoms with van der Waals surface area (Å²) in [5.41, 5.74) is 17.4. The van der Waals surface area contributed by atoms with Crippen LogP contribution in [-0.2, 0) is 17.3 Å². The fraction of sp³-hybridized carbons (Fsp3) is 0.228. The van der Waals surface area contributed by atoms with Gasteiger partial charge in [-0.2, -0.15) is 0 Å². The normalized spacial score (nSPS) is 17.2. The van der Waals surface area contributed by atoms with Gasteiger partial charge in [0.2, 0.25) is 0 Å². The molecule has 9 rings (SSSR count). The molecule has 0 radical (unpaired) electrons. The minimum atomic E-state index is -0.539. The molecule has 0 aliphatic heterocycles. The van der Waals surface area contributed by atoms with Crippen molar-refractivity contribution >= 4 is 22.7 Å². The Morgan fingerprint density at radius 3 is 1.73 bits per heavy atom. The zero-order chi connectivity index (χ0) is 41.3. The van der Waals surface area contributed by atoms with E-state index in [4.69, 9.17) is 0 Å². The number of allylic oxidation sites excluding steroid dienone is 2. The van der Waals surface area contributed by atoms with Crippen molar-refractivity contribution in [2.24, 2.45) is 0 Å². The van der Waals surface area contributed by atoms with E-state index in [1.807, 2.05) is 19.9 Å². The van der Waals surface area contributed by atoms with E-state index >= 15 is 0 Å². The maximum absolute atomic E-state index is 4.35. The van der Waals surface area contributed by atoms with Crippen LogP contribution in [0.3, 0.4) is 0 Å². The number of benzene rings is 6. The molecule has 0 heterocycles. The molecule has 3 aliphatic rings. The zero-order valence-electron chi connectivity index (χ0n) is 35.8. The molecule has 0 bridgehead atoms. The van der Waals surface area contributed by atoms with E-state index in [0.29, 0.717) is 0 Å². The fourth-order valence-corrected chi connectivity index (χ4v) is 9.74. The van der Waals surface area contributed by atoms with Crippen LogP contribution >= 0.6 is 0 Å². The Hall–Kier alpha value is -6.12. The highest BCUT2D eigenvalue weighted by molar-refractivity contribution is 5.97. The average Bonchev–Trinajstić information content (AvgIpc) is 3.73. The summed E-state index contributed by atoms with van der Waals surface area (Å²) in [6, 6.07) is 50.9. The van der Waals surface area contributed by atoms with Crippen molar-refractivity contribution in [3.05, 3.63) is 216 Å². The van der Waals surface area contributed by atoms with Crippen molar-refractivity contribution < 1.29 is 0 Å². The predicted molar refractivity (Wildman–Crippen MR) is 255 cm³/mol. The molecule has 0 N–H and O–H groups in total. The molecule has 0 saturated carbocycles. The largest absolute Gasteiger partial charge is 0.358 e. The van der Waals surface area contributed by atoms with E-state index in [-0.39, 0.29) is 17.5 Å². The summed E-state index contributed by atoms with van der Waals surface area (Å²) in [6.07, 6.45) is 15.8. The van der Waals surface area contributed by atoms with E-state index in [1.165, 1.54) is 61.3 Å². The number of hydrogen-bond donors (Lipinski definition) is 0. The molecule has 1 spiro atoms. The van der Waals surface area contributed by atoms with Crippen molar-refractivity contribution in [3.8, 4) is 22.3 Å². The summed E-state index contributed by atoms with van der Waals surface area (Å²) < 4.78 is 0. The van der Waals surface area contributed by atoms with Gasteiger partial charge >= 0.3 is 0 Å². The van der Waals surface area contributed by atoms with Gasteiger partial charge in [-0.3, -0.25) is 0 Å². The average molecular weight is 771 g/mol. The summed E-state index contributed by atoms with van der Waals surface area (Å²) in [4.78, 5) is 4.98. The van der Waals surface area contributed by atoms with Gasteiger partial charge in [0.15, 0.2) is 0 Å².